The molecule has 2 aliphatic rings. The number of carbonyl (C=O) groups excluding carboxylic acids is 2. The number of hydrogen-bond acceptors (Lipinski definition) is 5. The summed E-state index contributed by atoms with van der Waals surface area (Å²) in [6.07, 6.45) is 0.907. The molecule has 2 N–H and O–H groups in total. The molecule has 0 bridgehead atoms. The van der Waals surface area contributed by atoms with Crippen LogP contribution in [0.1, 0.15) is 42.7 Å². The van der Waals surface area contributed by atoms with E-state index in [1.165, 1.54) is 0 Å². The normalized spacial score (nSPS) is 21.2. The number of ketones is 1. The molecule has 0 saturated heterocycles. The topological polar surface area (TPSA) is 78.6 Å². The fourth-order valence-corrected chi connectivity index (χ4v) is 4.43. The summed E-state index contributed by atoms with van der Waals surface area (Å²) in [5.41, 5.74) is 8.77. The third-order valence-electron chi connectivity index (χ3n) is 5.51. The van der Waals surface area contributed by atoms with Crippen molar-refractivity contribution in [1.82, 2.24) is 0 Å². The van der Waals surface area contributed by atoms with Crippen LogP contribution < -0.4 is 5.73 Å². The summed E-state index contributed by atoms with van der Waals surface area (Å²) < 4.78 is 12.0. The molecular weight excluding hydrogens is 446 g/mol. The van der Waals surface area contributed by atoms with E-state index in [1.54, 1.807) is 6.92 Å². The molecule has 0 fully saturated rings. The zero-order valence-electron chi connectivity index (χ0n) is 16.6. The average molecular weight is 468 g/mol. The summed E-state index contributed by atoms with van der Waals surface area (Å²) in [4.78, 5) is 26.1. The lowest BCUT2D eigenvalue weighted by Gasteiger charge is -2.35. The van der Waals surface area contributed by atoms with Crippen molar-refractivity contribution in [3.63, 3.8) is 0 Å². The second-order valence-corrected chi connectivity index (χ2v) is 8.28. The predicted molar refractivity (Wildman–Crippen MR) is 116 cm³/mol. The number of nitrogens with two attached hydrogens (primary N) is 1. The minimum Gasteiger partial charge on any atom is -0.462 e. The zero-order valence-corrected chi connectivity index (χ0v) is 18.1. The Morgan fingerprint density at radius 1 is 1.10 bits per heavy atom. The quantitative estimate of drug-likeness (QED) is 0.659. The molecular formula is C24H22BrNO4. The van der Waals surface area contributed by atoms with Crippen LogP contribution in [0, 0.1) is 0 Å². The van der Waals surface area contributed by atoms with Gasteiger partial charge in [0.15, 0.2) is 5.78 Å². The van der Waals surface area contributed by atoms with Crippen molar-refractivity contribution in [2.45, 2.75) is 31.6 Å². The fraction of sp³-hybridized carbons (Fsp3) is 0.250. The minimum atomic E-state index is -0.606. The van der Waals surface area contributed by atoms with E-state index in [0.29, 0.717) is 24.2 Å². The summed E-state index contributed by atoms with van der Waals surface area (Å²) in [6.45, 7) is 1.94. The highest BCUT2D eigenvalue weighted by Gasteiger charge is 2.43. The van der Waals surface area contributed by atoms with Gasteiger partial charge in [0.05, 0.1) is 12.5 Å². The van der Waals surface area contributed by atoms with Crippen LogP contribution >= 0.6 is 15.9 Å². The first-order valence-electron chi connectivity index (χ1n) is 9.90. The smallest absolute Gasteiger partial charge is 0.340 e. The van der Waals surface area contributed by atoms with E-state index in [4.69, 9.17) is 15.2 Å². The van der Waals surface area contributed by atoms with Crippen LogP contribution in [-0.4, -0.2) is 18.4 Å². The Morgan fingerprint density at radius 3 is 2.47 bits per heavy atom. The molecule has 0 saturated carbocycles. The first-order chi connectivity index (χ1) is 14.5. The van der Waals surface area contributed by atoms with Crippen LogP contribution in [0.15, 0.2) is 81.9 Å². The molecule has 2 aromatic rings. The molecule has 0 spiro atoms. The van der Waals surface area contributed by atoms with Gasteiger partial charge in [-0.1, -0.05) is 58.4 Å². The van der Waals surface area contributed by atoms with E-state index in [2.05, 4.69) is 15.9 Å². The maximum absolute atomic E-state index is 13.3. The molecule has 2 aromatic carbocycles. The summed E-state index contributed by atoms with van der Waals surface area (Å²) in [6, 6.07) is 17.4. The van der Waals surface area contributed by atoms with Crippen molar-refractivity contribution in [2.24, 2.45) is 5.73 Å². The first-order valence-corrected chi connectivity index (χ1v) is 10.7. The second-order valence-electron chi connectivity index (χ2n) is 7.36. The number of Topliss-reactive ketones (excluding diaryl/α,β-unsaturated/α-hetero) is 1. The van der Waals surface area contributed by atoms with Crippen molar-refractivity contribution in [3.8, 4) is 0 Å². The summed E-state index contributed by atoms with van der Waals surface area (Å²) in [5.74, 6) is -0.648. The Balaban J connectivity index is 1.80. The van der Waals surface area contributed by atoms with Crippen LogP contribution in [0.3, 0.4) is 0 Å². The Morgan fingerprint density at radius 2 is 1.80 bits per heavy atom. The van der Waals surface area contributed by atoms with Crippen molar-refractivity contribution in [2.75, 3.05) is 6.61 Å². The number of allylic oxidation sites excluding steroid dienone is 2. The van der Waals surface area contributed by atoms with Gasteiger partial charge in [0, 0.05) is 22.9 Å². The van der Waals surface area contributed by atoms with E-state index < -0.39 is 11.9 Å². The molecule has 1 aliphatic carbocycles. The average Bonchev–Trinajstić information content (AvgIpc) is 2.74. The molecule has 5 nitrogen and oxygen atoms in total. The van der Waals surface area contributed by atoms with Gasteiger partial charge in [-0.05, 0) is 36.1 Å². The molecule has 30 heavy (non-hydrogen) atoms. The Labute approximate surface area is 183 Å². The van der Waals surface area contributed by atoms with Crippen LogP contribution in [0.25, 0.3) is 0 Å². The van der Waals surface area contributed by atoms with Crippen molar-refractivity contribution in [3.05, 3.63) is 93.0 Å². The van der Waals surface area contributed by atoms with Crippen molar-refractivity contribution >= 4 is 27.7 Å². The Hall–Kier alpha value is -2.86. The largest absolute Gasteiger partial charge is 0.462 e. The van der Waals surface area contributed by atoms with Gasteiger partial charge in [-0.3, -0.25) is 4.79 Å². The van der Waals surface area contributed by atoms with Crippen LogP contribution in [0.2, 0.25) is 0 Å². The Kier molecular flexibility index (Phi) is 5.77. The van der Waals surface area contributed by atoms with Gasteiger partial charge in [-0.2, -0.15) is 0 Å². The lowest BCUT2D eigenvalue weighted by molar-refractivity contribution is -0.139. The third-order valence-corrected chi connectivity index (χ3v) is 6.04. The molecule has 4 rings (SSSR count). The molecule has 0 aromatic heterocycles. The molecule has 6 heteroatoms. The molecule has 0 amide bonds. The number of ether oxygens (including phenoxy) is 2. The SMILES string of the molecule is CCOC(=O)C1=C(N)OC2=C(C(=O)C[C@H](c3ccccc3)C2)[C@H]1c1ccc(Br)cc1. The van der Waals surface area contributed by atoms with Gasteiger partial charge < -0.3 is 15.2 Å². The van der Waals surface area contributed by atoms with E-state index in [0.717, 1.165) is 15.6 Å². The standard InChI is InChI=1S/C24H22BrNO4/c1-2-29-24(28)22-20(15-8-10-17(25)11-9-15)21-18(27)12-16(13-19(21)30-23(22)26)14-6-4-3-5-7-14/h3-11,16,20H,2,12-13,26H2,1H3/t16-,20+/m0/s1. The van der Waals surface area contributed by atoms with Gasteiger partial charge in [-0.15, -0.1) is 0 Å². The number of rotatable bonds is 4. The number of hydrogen-bond donors (Lipinski definition) is 1. The van der Waals surface area contributed by atoms with Gasteiger partial charge in [0.1, 0.15) is 11.3 Å². The number of benzene rings is 2. The molecule has 0 radical (unpaired) electrons. The number of carbonyl (C=O) groups is 2. The summed E-state index contributed by atoms with van der Waals surface area (Å²) in [5, 5.41) is 0. The van der Waals surface area contributed by atoms with E-state index in [-0.39, 0.29) is 29.8 Å². The molecule has 154 valence electrons. The minimum absolute atomic E-state index is 0.00151. The molecule has 2 atom stereocenters. The van der Waals surface area contributed by atoms with Crippen LogP contribution in [-0.2, 0) is 19.1 Å². The van der Waals surface area contributed by atoms with Gasteiger partial charge >= 0.3 is 5.97 Å². The highest BCUT2D eigenvalue weighted by atomic mass is 79.9. The fourth-order valence-electron chi connectivity index (χ4n) is 4.16. The predicted octanol–water partition coefficient (Wildman–Crippen LogP) is 4.70. The summed E-state index contributed by atoms with van der Waals surface area (Å²) in [7, 11) is 0. The highest BCUT2D eigenvalue weighted by molar-refractivity contribution is 9.10. The zero-order chi connectivity index (χ0) is 21.3. The lowest BCUT2D eigenvalue weighted by atomic mass is 9.73. The monoisotopic (exact) mass is 467 g/mol. The van der Waals surface area contributed by atoms with Crippen LogP contribution in [0.4, 0.5) is 0 Å². The maximum atomic E-state index is 13.3. The van der Waals surface area contributed by atoms with Crippen molar-refractivity contribution in [1.29, 1.82) is 0 Å². The molecule has 0 unspecified atom stereocenters. The maximum Gasteiger partial charge on any atom is 0.340 e. The Bertz CT molecular complexity index is 1040. The third kappa shape index (κ3) is 3.79. The highest BCUT2D eigenvalue weighted by Crippen LogP contribution is 2.47. The second kappa shape index (κ2) is 8.48. The van der Waals surface area contributed by atoms with Gasteiger partial charge in [0.25, 0.3) is 0 Å². The van der Waals surface area contributed by atoms with Crippen LogP contribution in [0.5, 0.6) is 0 Å². The lowest BCUT2D eigenvalue weighted by Crippen LogP contribution is -2.33. The van der Waals surface area contributed by atoms with E-state index in [9.17, 15) is 9.59 Å². The molecule has 1 heterocycles. The number of esters is 1. The van der Waals surface area contributed by atoms with Gasteiger partial charge in [0.2, 0.25) is 5.88 Å². The molecule has 1 aliphatic heterocycles. The van der Waals surface area contributed by atoms with E-state index in [1.807, 2.05) is 54.6 Å². The van der Waals surface area contributed by atoms with E-state index >= 15 is 0 Å². The first kappa shape index (κ1) is 20.4. The summed E-state index contributed by atoms with van der Waals surface area (Å²) >= 11 is 3.43. The number of halogens is 1. The van der Waals surface area contributed by atoms with Gasteiger partial charge in [-0.25, -0.2) is 4.79 Å². The van der Waals surface area contributed by atoms with Crippen molar-refractivity contribution < 1.29 is 19.1 Å².